The van der Waals surface area contributed by atoms with Crippen molar-refractivity contribution in [1.29, 1.82) is 0 Å². The van der Waals surface area contributed by atoms with Gasteiger partial charge in [0.1, 0.15) is 5.69 Å². The fourth-order valence-corrected chi connectivity index (χ4v) is 3.55. The second-order valence-corrected chi connectivity index (χ2v) is 7.68. The van der Waals surface area contributed by atoms with Crippen LogP contribution in [0.25, 0.3) is 0 Å². The van der Waals surface area contributed by atoms with Gasteiger partial charge in [0.25, 0.3) is 11.6 Å². The molecule has 2 aromatic carbocycles. The van der Waals surface area contributed by atoms with Crippen molar-refractivity contribution >= 4 is 46.3 Å². The maximum atomic E-state index is 12.6. The van der Waals surface area contributed by atoms with Crippen LogP contribution in [-0.4, -0.2) is 41.6 Å². The summed E-state index contributed by atoms with van der Waals surface area (Å²) >= 11 is 5.17. The van der Waals surface area contributed by atoms with Crippen LogP contribution in [0.5, 0.6) is 0 Å². The minimum Gasteiger partial charge on any atom is -0.462 e. The number of ether oxygens (including phenoxy) is 1. The van der Waals surface area contributed by atoms with E-state index in [0.29, 0.717) is 23.5 Å². The third kappa shape index (κ3) is 5.79. The zero-order chi connectivity index (χ0) is 23.1. The zero-order valence-corrected chi connectivity index (χ0v) is 18.4. The van der Waals surface area contributed by atoms with Crippen molar-refractivity contribution in [2.24, 2.45) is 0 Å². The third-order valence-corrected chi connectivity index (χ3v) is 5.13. The first-order chi connectivity index (χ1) is 15.4. The van der Waals surface area contributed by atoms with Gasteiger partial charge in [0.05, 0.1) is 17.1 Å². The molecule has 0 unspecified atom stereocenters. The lowest BCUT2D eigenvalue weighted by molar-refractivity contribution is -0.384. The molecule has 1 fully saturated rings. The van der Waals surface area contributed by atoms with E-state index in [9.17, 15) is 19.7 Å². The summed E-state index contributed by atoms with van der Waals surface area (Å²) in [5.41, 5.74) is 1.52. The lowest BCUT2D eigenvalue weighted by Gasteiger charge is -2.18. The summed E-state index contributed by atoms with van der Waals surface area (Å²) in [5, 5.41) is 16.9. The fourth-order valence-electron chi connectivity index (χ4n) is 3.34. The van der Waals surface area contributed by atoms with Crippen molar-refractivity contribution in [2.75, 3.05) is 29.9 Å². The van der Waals surface area contributed by atoms with Crippen LogP contribution < -0.4 is 15.5 Å². The molecular formula is C22H24N4O5S. The SMILES string of the molecule is CCCOC(=O)c1ccc(NC(=S)NC(=O)c2ccc(N3CCCC3)c([N+](=O)[O-])c2)cc1. The van der Waals surface area contributed by atoms with E-state index in [4.69, 9.17) is 17.0 Å². The van der Waals surface area contributed by atoms with Gasteiger partial charge in [-0.25, -0.2) is 4.79 Å². The molecule has 10 heteroatoms. The van der Waals surface area contributed by atoms with Crippen LogP contribution in [0.2, 0.25) is 0 Å². The first-order valence-electron chi connectivity index (χ1n) is 10.3. The summed E-state index contributed by atoms with van der Waals surface area (Å²) in [4.78, 5) is 37.4. The average Bonchev–Trinajstić information content (AvgIpc) is 3.32. The van der Waals surface area contributed by atoms with Crippen LogP contribution in [-0.2, 0) is 4.74 Å². The van der Waals surface area contributed by atoms with E-state index in [-0.39, 0.29) is 16.4 Å². The lowest BCUT2D eigenvalue weighted by Crippen LogP contribution is -2.34. The normalized spacial score (nSPS) is 12.8. The number of esters is 1. The highest BCUT2D eigenvalue weighted by molar-refractivity contribution is 7.80. The molecule has 3 rings (SSSR count). The predicted molar refractivity (Wildman–Crippen MR) is 125 cm³/mol. The summed E-state index contributed by atoms with van der Waals surface area (Å²) in [5.74, 6) is -0.966. The maximum Gasteiger partial charge on any atom is 0.338 e. The van der Waals surface area contributed by atoms with E-state index in [1.165, 1.54) is 6.07 Å². The average molecular weight is 457 g/mol. The monoisotopic (exact) mass is 456 g/mol. The molecule has 1 saturated heterocycles. The van der Waals surface area contributed by atoms with E-state index in [0.717, 1.165) is 32.4 Å². The van der Waals surface area contributed by atoms with Gasteiger partial charge >= 0.3 is 5.97 Å². The number of carbonyl (C=O) groups is 2. The number of anilines is 2. The van der Waals surface area contributed by atoms with Crippen LogP contribution in [0.15, 0.2) is 42.5 Å². The van der Waals surface area contributed by atoms with Gasteiger partial charge in [-0.2, -0.15) is 0 Å². The van der Waals surface area contributed by atoms with Crippen molar-refractivity contribution < 1.29 is 19.2 Å². The Balaban J connectivity index is 1.63. The molecule has 2 N–H and O–H groups in total. The first kappa shape index (κ1) is 23.1. The Labute approximate surface area is 190 Å². The van der Waals surface area contributed by atoms with Crippen molar-refractivity contribution in [2.45, 2.75) is 26.2 Å². The van der Waals surface area contributed by atoms with Gasteiger partial charge in [0.2, 0.25) is 0 Å². The number of hydrogen-bond donors (Lipinski definition) is 2. The van der Waals surface area contributed by atoms with Crippen molar-refractivity contribution in [3.63, 3.8) is 0 Å². The van der Waals surface area contributed by atoms with Crippen molar-refractivity contribution in [1.82, 2.24) is 5.32 Å². The topological polar surface area (TPSA) is 114 Å². The quantitative estimate of drug-likeness (QED) is 0.279. The molecule has 168 valence electrons. The molecule has 1 aliphatic heterocycles. The molecule has 9 nitrogen and oxygen atoms in total. The third-order valence-electron chi connectivity index (χ3n) is 4.92. The molecule has 1 heterocycles. The van der Waals surface area contributed by atoms with Gasteiger partial charge in [-0.1, -0.05) is 6.92 Å². The smallest absolute Gasteiger partial charge is 0.338 e. The molecule has 0 radical (unpaired) electrons. The Morgan fingerprint density at radius 3 is 2.41 bits per heavy atom. The molecule has 0 aromatic heterocycles. The zero-order valence-electron chi connectivity index (χ0n) is 17.6. The minimum absolute atomic E-state index is 0.0302. The predicted octanol–water partition coefficient (Wildman–Crippen LogP) is 3.89. The number of benzene rings is 2. The highest BCUT2D eigenvalue weighted by atomic mass is 32.1. The van der Waals surface area contributed by atoms with Gasteiger partial charge in [0, 0.05) is 30.4 Å². The summed E-state index contributed by atoms with van der Waals surface area (Å²) in [7, 11) is 0. The van der Waals surface area contributed by atoms with Crippen LogP contribution in [0.4, 0.5) is 17.1 Å². The fraction of sp³-hybridized carbons (Fsp3) is 0.318. The van der Waals surface area contributed by atoms with E-state index < -0.39 is 16.8 Å². The Bertz CT molecular complexity index is 1020. The molecule has 32 heavy (non-hydrogen) atoms. The Morgan fingerprint density at radius 1 is 1.12 bits per heavy atom. The van der Waals surface area contributed by atoms with Gasteiger partial charge < -0.3 is 15.0 Å². The summed E-state index contributed by atoms with van der Waals surface area (Å²) in [6.45, 7) is 3.78. The molecule has 1 aliphatic rings. The number of carbonyl (C=O) groups excluding carboxylic acids is 2. The van der Waals surface area contributed by atoms with E-state index >= 15 is 0 Å². The molecule has 0 atom stereocenters. The Morgan fingerprint density at radius 2 is 1.78 bits per heavy atom. The lowest BCUT2D eigenvalue weighted by atomic mass is 10.1. The molecule has 2 aromatic rings. The molecule has 0 aliphatic carbocycles. The molecule has 0 bridgehead atoms. The van der Waals surface area contributed by atoms with E-state index in [1.807, 2.05) is 11.8 Å². The van der Waals surface area contributed by atoms with Crippen LogP contribution >= 0.6 is 12.2 Å². The number of thiocarbonyl (C=S) groups is 1. The molecule has 0 saturated carbocycles. The maximum absolute atomic E-state index is 12.6. The molecule has 0 spiro atoms. The van der Waals surface area contributed by atoms with Crippen LogP contribution in [0.3, 0.4) is 0 Å². The Hall–Kier alpha value is -3.53. The number of nitrogens with zero attached hydrogens (tertiary/aromatic N) is 2. The number of amides is 1. The number of nitro groups is 1. The molecule has 1 amide bonds. The molecular weight excluding hydrogens is 432 g/mol. The van der Waals surface area contributed by atoms with Gasteiger partial charge in [-0.05, 0) is 67.9 Å². The van der Waals surface area contributed by atoms with Crippen molar-refractivity contribution in [3.05, 3.63) is 63.7 Å². The summed E-state index contributed by atoms with van der Waals surface area (Å²) < 4.78 is 5.07. The Kier molecular flexibility index (Phi) is 7.72. The van der Waals surface area contributed by atoms with Gasteiger partial charge in [-0.3, -0.25) is 20.2 Å². The van der Waals surface area contributed by atoms with Gasteiger partial charge in [0.15, 0.2) is 5.11 Å². The number of hydrogen-bond acceptors (Lipinski definition) is 7. The summed E-state index contributed by atoms with van der Waals surface area (Å²) in [6, 6.07) is 10.9. The number of nitrogens with one attached hydrogen (secondary N) is 2. The second kappa shape index (κ2) is 10.7. The highest BCUT2D eigenvalue weighted by Crippen LogP contribution is 2.31. The van der Waals surface area contributed by atoms with E-state index in [2.05, 4.69) is 10.6 Å². The standard InChI is InChI=1S/C22H24N4O5S/c1-2-13-31-21(28)15-5-8-17(9-6-15)23-22(32)24-20(27)16-7-10-18(19(14-16)26(29)30)25-11-3-4-12-25/h5-10,14H,2-4,11-13H2,1H3,(H2,23,24,27,32). The van der Waals surface area contributed by atoms with Gasteiger partial charge in [-0.15, -0.1) is 0 Å². The number of nitro benzene ring substituents is 1. The van der Waals surface area contributed by atoms with Crippen molar-refractivity contribution in [3.8, 4) is 0 Å². The van der Waals surface area contributed by atoms with Crippen LogP contribution in [0.1, 0.15) is 46.9 Å². The highest BCUT2D eigenvalue weighted by Gasteiger charge is 2.24. The largest absolute Gasteiger partial charge is 0.462 e. The minimum atomic E-state index is -0.557. The summed E-state index contributed by atoms with van der Waals surface area (Å²) in [6.07, 6.45) is 2.71. The first-order valence-corrected chi connectivity index (χ1v) is 10.7. The van der Waals surface area contributed by atoms with Crippen LogP contribution in [0, 0.1) is 10.1 Å². The van der Waals surface area contributed by atoms with E-state index in [1.54, 1.807) is 36.4 Å². The number of rotatable bonds is 7. The second-order valence-electron chi connectivity index (χ2n) is 7.28.